The van der Waals surface area contributed by atoms with E-state index in [1.54, 1.807) is 30.3 Å². The molecule has 2 amide bonds. The summed E-state index contributed by atoms with van der Waals surface area (Å²) in [5.41, 5.74) is 0.868. The molecule has 0 fully saturated rings. The highest BCUT2D eigenvalue weighted by molar-refractivity contribution is 9.10. The van der Waals surface area contributed by atoms with Gasteiger partial charge in [0.2, 0.25) is 21.8 Å². The van der Waals surface area contributed by atoms with Crippen LogP contribution in [0.2, 0.25) is 0 Å². The van der Waals surface area contributed by atoms with Gasteiger partial charge in [0.1, 0.15) is 5.75 Å². The standard InChI is InChI=1S/C18H20BrN3O5S/c1-12(23)21-14-6-7-17(27-2)16(11-14)22-18(24)8-9-20-28(25,26)15-5-3-4-13(19)10-15/h3-7,10-11,20H,8-9H2,1-2H3,(H,21,23)(H,22,24). The smallest absolute Gasteiger partial charge is 0.240 e. The summed E-state index contributed by atoms with van der Waals surface area (Å²) in [6.07, 6.45) is -0.0826. The maximum atomic E-state index is 12.2. The molecule has 0 atom stereocenters. The normalized spacial score (nSPS) is 11.0. The van der Waals surface area contributed by atoms with Gasteiger partial charge in [0, 0.05) is 30.0 Å². The summed E-state index contributed by atoms with van der Waals surface area (Å²) in [5, 5.41) is 5.27. The minimum Gasteiger partial charge on any atom is -0.495 e. The second-order valence-corrected chi connectivity index (χ2v) is 8.43. The predicted octanol–water partition coefficient (Wildman–Crippen LogP) is 2.72. The zero-order valence-electron chi connectivity index (χ0n) is 15.3. The van der Waals surface area contributed by atoms with Crippen molar-refractivity contribution >= 4 is 49.1 Å². The van der Waals surface area contributed by atoms with Crippen LogP contribution in [-0.4, -0.2) is 33.9 Å². The van der Waals surface area contributed by atoms with Gasteiger partial charge in [0.05, 0.1) is 17.7 Å². The third-order valence-corrected chi connectivity index (χ3v) is 5.50. The SMILES string of the molecule is COc1ccc(NC(C)=O)cc1NC(=O)CCNS(=O)(=O)c1cccc(Br)c1. The maximum Gasteiger partial charge on any atom is 0.240 e. The molecule has 2 aromatic carbocycles. The van der Waals surface area contributed by atoms with Crippen LogP contribution in [0.4, 0.5) is 11.4 Å². The van der Waals surface area contributed by atoms with Crippen LogP contribution in [0.3, 0.4) is 0 Å². The van der Waals surface area contributed by atoms with Gasteiger partial charge in [-0.05, 0) is 36.4 Å². The van der Waals surface area contributed by atoms with Crippen LogP contribution in [0.15, 0.2) is 51.8 Å². The fourth-order valence-electron chi connectivity index (χ4n) is 2.32. The largest absolute Gasteiger partial charge is 0.495 e. The molecule has 0 unspecified atom stereocenters. The van der Waals surface area contributed by atoms with E-state index in [2.05, 4.69) is 31.3 Å². The third kappa shape index (κ3) is 6.32. The number of hydrogen-bond acceptors (Lipinski definition) is 5. The number of hydrogen-bond donors (Lipinski definition) is 3. The molecular weight excluding hydrogens is 450 g/mol. The Morgan fingerprint density at radius 1 is 1.11 bits per heavy atom. The molecule has 0 heterocycles. The number of nitrogens with one attached hydrogen (secondary N) is 3. The number of halogens is 1. The first-order valence-electron chi connectivity index (χ1n) is 8.22. The second-order valence-electron chi connectivity index (χ2n) is 5.75. The molecule has 0 bridgehead atoms. The first kappa shape index (κ1) is 21.9. The summed E-state index contributed by atoms with van der Waals surface area (Å²) in [4.78, 5) is 23.5. The van der Waals surface area contributed by atoms with Crippen LogP contribution in [0.25, 0.3) is 0 Å². The number of carbonyl (C=O) groups is 2. The lowest BCUT2D eigenvalue weighted by Crippen LogP contribution is -2.28. The van der Waals surface area contributed by atoms with Gasteiger partial charge in [0.15, 0.2) is 0 Å². The summed E-state index contributed by atoms with van der Waals surface area (Å²) in [6.45, 7) is 1.30. The zero-order valence-corrected chi connectivity index (χ0v) is 17.7. The Bertz CT molecular complexity index is 979. The van der Waals surface area contributed by atoms with Gasteiger partial charge in [-0.3, -0.25) is 9.59 Å². The summed E-state index contributed by atoms with van der Waals surface area (Å²) >= 11 is 3.22. The summed E-state index contributed by atoms with van der Waals surface area (Å²) < 4.78 is 32.7. The maximum absolute atomic E-state index is 12.2. The molecule has 0 saturated heterocycles. The average molecular weight is 470 g/mol. The van der Waals surface area contributed by atoms with E-state index in [9.17, 15) is 18.0 Å². The van der Waals surface area contributed by atoms with Crippen molar-refractivity contribution in [3.05, 3.63) is 46.9 Å². The lowest BCUT2D eigenvalue weighted by molar-refractivity contribution is -0.116. The molecule has 0 aliphatic rings. The Balaban J connectivity index is 1.98. The van der Waals surface area contributed by atoms with Crippen molar-refractivity contribution < 1.29 is 22.7 Å². The fourth-order valence-corrected chi connectivity index (χ4v) is 3.94. The molecule has 150 valence electrons. The number of sulfonamides is 1. The lowest BCUT2D eigenvalue weighted by Gasteiger charge is -2.13. The third-order valence-electron chi connectivity index (χ3n) is 3.54. The molecule has 0 radical (unpaired) electrons. The van der Waals surface area contributed by atoms with Crippen molar-refractivity contribution in [2.24, 2.45) is 0 Å². The number of amides is 2. The molecule has 3 N–H and O–H groups in total. The molecule has 10 heteroatoms. The van der Waals surface area contributed by atoms with E-state index in [-0.39, 0.29) is 23.8 Å². The van der Waals surface area contributed by atoms with E-state index in [1.165, 1.54) is 26.2 Å². The number of benzene rings is 2. The first-order chi connectivity index (χ1) is 13.2. The van der Waals surface area contributed by atoms with Gasteiger partial charge < -0.3 is 15.4 Å². The van der Waals surface area contributed by atoms with Crippen LogP contribution in [0, 0.1) is 0 Å². The van der Waals surface area contributed by atoms with Gasteiger partial charge in [-0.2, -0.15) is 0 Å². The van der Waals surface area contributed by atoms with Crippen LogP contribution in [0.5, 0.6) is 5.75 Å². The van der Waals surface area contributed by atoms with E-state index in [0.29, 0.717) is 21.6 Å². The summed E-state index contributed by atoms with van der Waals surface area (Å²) in [6, 6.07) is 11.1. The van der Waals surface area contributed by atoms with Crippen molar-refractivity contribution in [1.82, 2.24) is 4.72 Å². The highest BCUT2D eigenvalue weighted by Gasteiger charge is 2.15. The predicted molar refractivity (Wildman–Crippen MR) is 110 cm³/mol. The van der Waals surface area contributed by atoms with Gasteiger partial charge in [-0.1, -0.05) is 22.0 Å². The van der Waals surface area contributed by atoms with Gasteiger partial charge in [0.25, 0.3) is 0 Å². The number of carbonyl (C=O) groups excluding carboxylic acids is 2. The Labute approximate surface area is 171 Å². The monoisotopic (exact) mass is 469 g/mol. The molecule has 0 saturated carbocycles. The lowest BCUT2D eigenvalue weighted by atomic mass is 10.2. The van der Waals surface area contributed by atoms with Crippen LogP contribution in [0.1, 0.15) is 13.3 Å². The molecule has 0 aromatic heterocycles. The minimum absolute atomic E-state index is 0.0750. The van der Waals surface area contributed by atoms with Crippen molar-refractivity contribution in [2.45, 2.75) is 18.2 Å². The Kier molecular flexibility index (Phi) is 7.55. The van der Waals surface area contributed by atoms with Crippen LogP contribution < -0.4 is 20.1 Å². The van der Waals surface area contributed by atoms with Crippen LogP contribution in [-0.2, 0) is 19.6 Å². The zero-order chi connectivity index (χ0) is 20.7. The molecule has 0 spiro atoms. The second kappa shape index (κ2) is 9.67. The number of rotatable bonds is 8. The number of ether oxygens (including phenoxy) is 1. The van der Waals surface area contributed by atoms with E-state index < -0.39 is 15.9 Å². The van der Waals surface area contributed by atoms with E-state index in [1.807, 2.05) is 0 Å². The minimum atomic E-state index is -3.72. The molecule has 8 nitrogen and oxygen atoms in total. The van der Waals surface area contributed by atoms with Crippen molar-refractivity contribution in [3.8, 4) is 5.75 Å². The van der Waals surface area contributed by atoms with Crippen molar-refractivity contribution in [1.29, 1.82) is 0 Å². The van der Waals surface area contributed by atoms with E-state index in [0.717, 1.165) is 0 Å². The van der Waals surface area contributed by atoms with Crippen molar-refractivity contribution in [3.63, 3.8) is 0 Å². The van der Waals surface area contributed by atoms with E-state index in [4.69, 9.17) is 4.74 Å². The van der Waals surface area contributed by atoms with E-state index >= 15 is 0 Å². The van der Waals surface area contributed by atoms with Gasteiger partial charge in [-0.15, -0.1) is 0 Å². The van der Waals surface area contributed by atoms with Crippen LogP contribution >= 0.6 is 15.9 Å². The molecule has 0 aliphatic heterocycles. The van der Waals surface area contributed by atoms with Crippen molar-refractivity contribution in [2.75, 3.05) is 24.3 Å². The molecule has 28 heavy (non-hydrogen) atoms. The fraction of sp³-hybridized carbons (Fsp3) is 0.222. The Morgan fingerprint density at radius 2 is 1.86 bits per heavy atom. The highest BCUT2D eigenvalue weighted by atomic mass is 79.9. The molecule has 2 rings (SSSR count). The number of methoxy groups -OCH3 is 1. The Hall–Kier alpha value is -2.43. The average Bonchev–Trinajstić information content (AvgIpc) is 2.61. The quantitative estimate of drug-likeness (QED) is 0.549. The molecule has 2 aromatic rings. The van der Waals surface area contributed by atoms with Gasteiger partial charge >= 0.3 is 0 Å². The highest BCUT2D eigenvalue weighted by Crippen LogP contribution is 2.28. The first-order valence-corrected chi connectivity index (χ1v) is 10.5. The molecule has 0 aliphatic carbocycles. The number of anilines is 2. The van der Waals surface area contributed by atoms with Gasteiger partial charge in [-0.25, -0.2) is 13.1 Å². The summed E-state index contributed by atoms with van der Waals surface area (Å²) in [5.74, 6) is -0.239. The summed E-state index contributed by atoms with van der Waals surface area (Å²) in [7, 11) is -2.26. The Morgan fingerprint density at radius 3 is 2.50 bits per heavy atom. The topological polar surface area (TPSA) is 114 Å². The molecular formula is C18H20BrN3O5S.